The molecule has 90 valence electrons. The maximum Gasteiger partial charge on any atom is 0.140 e. The minimum Gasteiger partial charge on any atom is -0.306 e. The number of hydrogen-bond donors (Lipinski definition) is 1. The first-order valence-corrected chi connectivity index (χ1v) is 5.78. The van der Waals surface area contributed by atoms with E-state index in [-0.39, 0.29) is 0 Å². The normalized spacial score (nSPS) is 10.7. The molecule has 0 fully saturated rings. The molecular weight excluding hydrogens is 214 g/mol. The third kappa shape index (κ3) is 3.10. The molecule has 0 atom stereocenters. The van der Waals surface area contributed by atoms with Gasteiger partial charge in [-0.25, -0.2) is 9.67 Å². The van der Waals surface area contributed by atoms with Crippen LogP contribution in [-0.2, 0) is 19.6 Å². The lowest BCUT2D eigenvalue weighted by Crippen LogP contribution is -2.17. The highest BCUT2D eigenvalue weighted by Gasteiger charge is 2.01. The average molecular weight is 231 g/mol. The molecule has 2 rings (SSSR count). The Bertz CT molecular complexity index is 460. The Balaban J connectivity index is 1.85. The predicted octanol–water partition coefficient (Wildman–Crippen LogP) is 1.29. The highest BCUT2D eigenvalue weighted by Crippen LogP contribution is 1.99. The second kappa shape index (κ2) is 5.54. The van der Waals surface area contributed by atoms with Gasteiger partial charge in [0.25, 0.3) is 0 Å². The van der Waals surface area contributed by atoms with Gasteiger partial charge in [0.2, 0.25) is 0 Å². The molecule has 17 heavy (non-hydrogen) atoms. The van der Waals surface area contributed by atoms with Crippen molar-refractivity contribution >= 4 is 0 Å². The summed E-state index contributed by atoms with van der Waals surface area (Å²) < 4.78 is 1.89. The molecule has 0 aliphatic carbocycles. The van der Waals surface area contributed by atoms with Crippen LogP contribution in [0.3, 0.4) is 0 Å². The quantitative estimate of drug-likeness (QED) is 0.842. The van der Waals surface area contributed by atoms with Crippen molar-refractivity contribution in [1.82, 2.24) is 25.1 Å². The van der Waals surface area contributed by atoms with Gasteiger partial charge in [0.15, 0.2) is 0 Å². The number of nitrogens with one attached hydrogen (secondary N) is 1. The van der Waals surface area contributed by atoms with Crippen molar-refractivity contribution < 1.29 is 0 Å². The van der Waals surface area contributed by atoms with E-state index >= 15 is 0 Å². The van der Waals surface area contributed by atoms with Gasteiger partial charge in [0.1, 0.15) is 12.2 Å². The Morgan fingerprint density at radius 3 is 2.82 bits per heavy atom. The van der Waals surface area contributed by atoms with Crippen LogP contribution >= 0.6 is 0 Å². The van der Waals surface area contributed by atoms with Gasteiger partial charge >= 0.3 is 0 Å². The van der Waals surface area contributed by atoms with Gasteiger partial charge < -0.3 is 5.32 Å². The van der Waals surface area contributed by atoms with Crippen LogP contribution < -0.4 is 5.32 Å². The van der Waals surface area contributed by atoms with Gasteiger partial charge in [0, 0.05) is 25.0 Å². The van der Waals surface area contributed by atoms with Crippen LogP contribution in [0.1, 0.15) is 24.0 Å². The Morgan fingerprint density at radius 1 is 1.24 bits per heavy atom. The van der Waals surface area contributed by atoms with Gasteiger partial charge in [-0.3, -0.25) is 4.98 Å². The molecule has 0 unspecified atom stereocenters. The third-order valence-corrected chi connectivity index (χ3v) is 2.58. The van der Waals surface area contributed by atoms with Crippen molar-refractivity contribution in [2.45, 2.75) is 33.5 Å². The molecule has 5 nitrogen and oxygen atoms in total. The molecule has 0 saturated carbocycles. The summed E-state index contributed by atoms with van der Waals surface area (Å²) in [7, 11) is 0. The van der Waals surface area contributed by atoms with Crippen LogP contribution in [0.15, 0.2) is 24.7 Å². The van der Waals surface area contributed by atoms with E-state index in [2.05, 4.69) is 33.4 Å². The van der Waals surface area contributed by atoms with Crippen LogP contribution in [0.25, 0.3) is 0 Å². The lowest BCUT2D eigenvalue weighted by Gasteiger charge is -2.05. The van der Waals surface area contributed by atoms with E-state index in [4.69, 9.17) is 0 Å². The number of rotatable bonds is 5. The highest BCUT2D eigenvalue weighted by molar-refractivity contribution is 5.12. The van der Waals surface area contributed by atoms with Crippen molar-refractivity contribution in [1.29, 1.82) is 0 Å². The SMILES string of the molecule is CCn1ncnc1CNCc1ccc(C)nc1. The van der Waals surface area contributed by atoms with E-state index in [9.17, 15) is 0 Å². The molecule has 1 N–H and O–H groups in total. The van der Waals surface area contributed by atoms with Crippen molar-refractivity contribution in [2.75, 3.05) is 0 Å². The largest absolute Gasteiger partial charge is 0.306 e. The summed E-state index contributed by atoms with van der Waals surface area (Å²) in [6.45, 7) is 6.41. The number of aromatic nitrogens is 4. The van der Waals surface area contributed by atoms with Crippen molar-refractivity contribution in [3.63, 3.8) is 0 Å². The lowest BCUT2D eigenvalue weighted by atomic mass is 10.2. The molecule has 0 aromatic carbocycles. The number of hydrogen-bond acceptors (Lipinski definition) is 4. The standard InChI is InChI=1S/C12H17N5/c1-3-17-12(15-9-16-17)8-13-6-11-5-4-10(2)14-7-11/h4-5,7,9,13H,3,6,8H2,1-2H3. The molecule has 0 spiro atoms. The Morgan fingerprint density at radius 2 is 2.12 bits per heavy atom. The smallest absolute Gasteiger partial charge is 0.140 e. The van der Waals surface area contributed by atoms with Crippen LogP contribution in [0.4, 0.5) is 0 Å². The van der Waals surface area contributed by atoms with Crippen molar-refractivity contribution in [3.8, 4) is 0 Å². The molecule has 2 aromatic heterocycles. The molecule has 0 aliphatic heterocycles. The predicted molar refractivity (Wildman–Crippen MR) is 65.2 cm³/mol. The zero-order valence-corrected chi connectivity index (χ0v) is 10.2. The van der Waals surface area contributed by atoms with E-state index in [1.165, 1.54) is 5.56 Å². The summed E-state index contributed by atoms with van der Waals surface area (Å²) in [5.74, 6) is 0.965. The first-order chi connectivity index (χ1) is 8.29. The van der Waals surface area contributed by atoms with Crippen LogP contribution in [0.5, 0.6) is 0 Å². The average Bonchev–Trinajstić information content (AvgIpc) is 2.79. The zero-order chi connectivity index (χ0) is 12.1. The molecular formula is C12H17N5. The van der Waals surface area contributed by atoms with E-state index in [0.29, 0.717) is 0 Å². The molecule has 0 radical (unpaired) electrons. The van der Waals surface area contributed by atoms with Crippen molar-refractivity contribution in [3.05, 3.63) is 41.7 Å². The third-order valence-electron chi connectivity index (χ3n) is 2.58. The molecule has 2 aromatic rings. The number of aryl methyl sites for hydroxylation is 2. The molecule has 0 amide bonds. The fourth-order valence-corrected chi connectivity index (χ4v) is 1.61. The minimum absolute atomic E-state index is 0.724. The molecule has 0 saturated heterocycles. The Kier molecular flexibility index (Phi) is 3.82. The fraction of sp³-hybridized carbons (Fsp3) is 0.417. The summed E-state index contributed by atoms with van der Waals surface area (Å²) in [5.41, 5.74) is 2.22. The second-order valence-corrected chi connectivity index (χ2v) is 3.90. The van der Waals surface area contributed by atoms with E-state index < -0.39 is 0 Å². The van der Waals surface area contributed by atoms with Gasteiger partial charge in [-0.2, -0.15) is 5.10 Å². The second-order valence-electron chi connectivity index (χ2n) is 3.90. The van der Waals surface area contributed by atoms with E-state index in [0.717, 1.165) is 31.2 Å². The summed E-state index contributed by atoms with van der Waals surface area (Å²) in [6, 6.07) is 4.10. The van der Waals surface area contributed by atoms with Gasteiger partial charge in [-0.1, -0.05) is 6.07 Å². The minimum atomic E-state index is 0.724. The van der Waals surface area contributed by atoms with Crippen molar-refractivity contribution in [2.24, 2.45) is 0 Å². The highest BCUT2D eigenvalue weighted by atomic mass is 15.3. The lowest BCUT2D eigenvalue weighted by molar-refractivity contribution is 0.572. The van der Waals surface area contributed by atoms with Gasteiger partial charge in [-0.15, -0.1) is 0 Å². The van der Waals surface area contributed by atoms with Crippen LogP contribution in [-0.4, -0.2) is 19.7 Å². The number of nitrogens with zero attached hydrogens (tertiary/aromatic N) is 4. The number of pyridine rings is 1. The van der Waals surface area contributed by atoms with Crippen LogP contribution in [0, 0.1) is 6.92 Å². The summed E-state index contributed by atoms with van der Waals surface area (Å²) in [6.07, 6.45) is 3.49. The summed E-state index contributed by atoms with van der Waals surface area (Å²) in [4.78, 5) is 8.46. The molecule has 5 heteroatoms. The van der Waals surface area contributed by atoms with Gasteiger partial charge in [-0.05, 0) is 25.5 Å². The monoisotopic (exact) mass is 231 g/mol. The van der Waals surface area contributed by atoms with E-state index in [1.807, 2.05) is 23.9 Å². The fourth-order valence-electron chi connectivity index (χ4n) is 1.61. The topological polar surface area (TPSA) is 55.6 Å². The summed E-state index contributed by atoms with van der Waals surface area (Å²) in [5, 5.41) is 7.46. The first kappa shape index (κ1) is 11.7. The molecule has 0 aliphatic rings. The van der Waals surface area contributed by atoms with Crippen LogP contribution in [0.2, 0.25) is 0 Å². The van der Waals surface area contributed by atoms with Gasteiger partial charge in [0.05, 0.1) is 6.54 Å². The maximum atomic E-state index is 4.26. The first-order valence-electron chi connectivity index (χ1n) is 5.78. The maximum absolute atomic E-state index is 4.26. The Labute approximate surface area is 101 Å². The Hall–Kier alpha value is -1.75. The van der Waals surface area contributed by atoms with E-state index in [1.54, 1.807) is 6.33 Å². The molecule has 2 heterocycles. The zero-order valence-electron chi connectivity index (χ0n) is 10.2. The molecule has 0 bridgehead atoms. The summed E-state index contributed by atoms with van der Waals surface area (Å²) >= 11 is 0.